The molecule has 2 atom stereocenters. The maximum atomic E-state index is 6.11. The second kappa shape index (κ2) is 6.24. The summed E-state index contributed by atoms with van der Waals surface area (Å²) in [5.41, 5.74) is 2.02. The molecular weight excluding hydrogens is 276 g/mol. The van der Waals surface area contributed by atoms with E-state index >= 15 is 0 Å². The lowest BCUT2D eigenvalue weighted by atomic mass is 9.91. The number of H-pyrrole nitrogens is 1. The van der Waals surface area contributed by atoms with Crippen molar-refractivity contribution in [2.24, 2.45) is 5.92 Å². The van der Waals surface area contributed by atoms with Crippen LogP contribution < -0.4 is 5.32 Å². The summed E-state index contributed by atoms with van der Waals surface area (Å²) in [6.07, 6.45) is 9.44. The second-order valence-electron chi connectivity index (χ2n) is 4.96. The summed E-state index contributed by atoms with van der Waals surface area (Å²) < 4.78 is 5.91. The van der Waals surface area contributed by atoms with Crippen LogP contribution in [-0.4, -0.2) is 28.3 Å². The van der Waals surface area contributed by atoms with Crippen LogP contribution >= 0.6 is 11.6 Å². The minimum absolute atomic E-state index is 0.0932. The predicted octanol–water partition coefficient (Wildman–Crippen LogP) is 3.04. The molecule has 1 aliphatic heterocycles. The molecule has 0 bridgehead atoms. The van der Waals surface area contributed by atoms with E-state index < -0.39 is 0 Å². The minimum atomic E-state index is 0.0932. The van der Waals surface area contributed by atoms with Crippen LogP contribution in [0.15, 0.2) is 30.9 Å². The highest BCUT2D eigenvalue weighted by Gasteiger charge is 2.28. The fraction of sp³-hybridized carbons (Fsp3) is 0.429. The molecule has 0 aliphatic carbocycles. The van der Waals surface area contributed by atoms with Gasteiger partial charge in [0.2, 0.25) is 0 Å². The zero-order valence-corrected chi connectivity index (χ0v) is 11.8. The number of rotatable bonds is 4. The molecule has 0 spiro atoms. The van der Waals surface area contributed by atoms with Crippen molar-refractivity contribution in [1.29, 1.82) is 0 Å². The van der Waals surface area contributed by atoms with E-state index in [1.54, 1.807) is 12.4 Å². The van der Waals surface area contributed by atoms with Gasteiger partial charge in [0.15, 0.2) is 0 Å². The molecule has 1 aliphatic rings. The van der Waals surface area contributed by atoms with E-state index in [0.29, 0.717) is 10.9 Å². The maximum Gasteiger partial charge on any atom is 0.0900 e. The summed E-state index contributed by atoms with van der Waals surface area (Å²) in [5, 5.41) is 10.9. The Hall–Kier alpha value is -1.59. The van der Waals surface area contributed by atoms with E-state index in [2.05, 4.69) is 20.5 Å². The van der Waals surface area contributed by atoms with E-state index in [1.165, 1.54) is 0 Å². The molecule has 0 unspecified atom stereocenters. The van der Waals surface area contributed by atoms with Gasteiger partial charge in [-0.25, -0.2) is 0 Å². The number of hydrogen-bond donors (Lipinski definition) is 2. The molecular formula is C14H17ClN4O. The Labute approximate surface area is 122 Å². The lowest BCUT2D eigenvalue weighted by Crippen LogP contribution is -2.28. The topological polar surface area (TPSA) is 62.8 Å². The van der Waals surface area contributed by atoms with Crippen molar-refractivity contribution in [3.8, 4) is 0 Å². The van der Waals surface area contributed by atoms with E-state index in [0.717, 1.165) is 37.2 Å². The van der Waals surface area contributed by atoms with Gasteiger partial charge >= 0.3 is 0 Å². The Morgan fingerprint density at radius 2 is 2.40 bits per heavy atom. The predicted molar refractivity (Wildman–Crippen MR) is 77.7 cm³/mol. The number of hydrogen-bond acceptors (Lipinski definition) is 4. The average Bonchev–Trinajstić information content (AvgIpc) is 3.01. The number of pyridine rings is 1. The van der Waals surface area contributed by atoms with Crippen LogP contribution in [-0.2, 0) is 4.74 Å². The molecule has 1 saturated heterocycles. The first-order valence-corrected chi connectivity index (χ1v) is 7.16. The lowest BCUT2D eigenvalue weighted by molar-refractivity contribution is -0.0238. The van der Waals surface area contributed by atoms with Crippen molar-refractivity contribution in [3.63, 3.8) is 0 Å². The summed E-state index contributed by atoms with van der Waals surface area (Å²) >= 11 is 6.11. The van der Waals surface area contributed by atoms with Gasteiger partial charge in [0, 0.05) is 43.2 Å². The van der Waals surface area contributed by atoms with Gasteiger partial charge < -0.3 is 10.1 Å². The van der Waals surface area contributed by atoms with Crippen LogP contribution in [0.5, 0.6) is 0 Å². The molecule has 5 nitrogen and oxygen atoms in total. The molecule has 106 valence electrons. The van der Waals surface area contributed by atoms with Gasteiger partial charge in [-0.05, 0) is 18.9 Å². The molecule has 0 aromatic carbocycles. The van der Waals surface area contributed by atoms with Gasteiger partial charge in [-0.1, -0.05) is 11.6 Å². The molecule has 6 heteroatoms. The summed E-state index contributed by atoms with van der Waals surface area (Å²) in [5.74, 6) is 0.408. The summed E-state index contributed by atoms with van der Waals surface area (Å²) in [6, 6.07) is 1.89. The highest BCUT2D eigenvalue weighted by atomic mass is 35.5. The van der Waals surface area contributed by atoms with E-state index in [4.69, 9.17) is 16.3 Å². The number of aromatic nitrogens is 3. The molecule has 2 N–H and O–H groups in total. The molecule has 1 fully saturated rings. The summed E-state index contributed by atoms with van der Waals surface area (Å²) in [6.45, 7) is 1.63. The Morgan fingerprint density at radius 1 is 1.45 bits per heavy atom. The van der Waals surface area contributed by atoms with Crippen molar-refractivity contribution < 1.29 is 4.74 Å². The van der Waals surface area contributed by atoms with Crippen molar-refractivity contribution >= 4 is 17.3 Å². The Morgan fingerprint density at radius 3 is 3.20 bits per heavy atom. The van der Waals surface area contributed by atoms with Crippen molar-refractivity contribution in [2.45, 2.75) is 18.9 Å². The van der Waals surface area contributed by atoms with Gasteiger partial charge in [-0.3, -0.25) is 10.1 Å². The van der Waals surface area contributed by atoms with Crippen LogP contribution in [0.3, 0.4) is 0 Å². The van der Waals surface area contributed by atoms with Crippen LogP contribution in [0, 0.1) is 5.92 Å². The summed E-state index contributed by atoms with van der Waals surface area (Å²) in [4.78, 5) is 3.99. The number of nitrogens with one attached hydrogen (secondary N) is 2. The van der Waals surface area contributed by atoms with Crippen LogP contribution in [0.25, 0.3) is 0 Å². The fourth-order valence-electron chi connectivity index (χ4n) is 2.60. The fourth-order valence-corrected chi connectivity index (χ4v) is 2.78. The van der Waals surface area contributed by atoms with Gasteiger partial charge in [-0.15, -0.1) is 0 Å². The van der Waals surface area contributed by atoms with Crippen molar-refractivity contribution in [3.05, 3.63) is 41.4 Å². The Kier molecular flexibility index (Phi) is 4.18. The van der Waals surface area contributed by atoms with E-state index in [9.17, 15) is 0 Å². The zero-order chi connectivity index (χ0) is 13.8. The first-order chi connectivity index (χ1) is 9.84. The standard InChI is InChI=1S/C14H17ClN4O/c15-12-9-16-4-3-13(12)17-6-10-2-1-5-20-14(10)11-7-18-19-8-11/h3-4,7-10,14H,1-2,5-6H2,(H,16,17)(H,18,19)/t10-,14+/m0/s1. The second-order valence-corrected chi connectivity index (χ2v) is 5.37. The summed E-state index contributed by atoms with van der Waals surface area (Å²) in [7, 11) is 0. The van der Waals surface area contributed by atoms with E-state index in [1.807, 2.05) is 18.5 Å². The zero-order valence-electron chi connectivity index (χ0n) is 11.1. The molecule has 2 aromatic heterocycles. The molecule has 2 aromatic rings. The molecule has 0 radical (unpaired) electrons. The van der Waals surface area contributed by atoms with Crippen molar-refractivity contribution in [2.75, 3.05) is 18.5 Å². The Bertz CT molecular complexity index is 546. The monoisotopic (exact) mass is 292 g/mol. The minimum Gasteiger partial charge on any atom is -0.383 e. The van der Waals surface area contributed by atoms with E-state index in [-0.39, 0.29) is 6.10 Å². The third kappa shape index (κ3) is 2.94. The maximum absolute atomic E-state index is 6.11. The molecule has 20 heavy (non-hydrogen) atoms. The number of nitrogens with zero attached hydrogens (tertiary/aromatic N) is 2. The first kappa shape index (κ1) is 13.4. The number of anilines is 1. The number of aromatic amines is 1. The largest absolute Gasteiger partial charge is 0.383 e. The first-order valence-electron chi connectivity index (χ1n) is 6.78. The lowest BCUT2D eigenvalue weighted by Gasteiger charge is -2.31. The number of ether oxygens (including phenoxy) is 1. The average molecular weight is 293 g/mol. The number of halogens is 1. The normalized spacial score (nSPS) is 22.6. The van der Waals surface area contributed by atoms with Gasteiger partial charge in [0.1, 0.15) is 0 Å². The van der Waals surface area contributed by atoms with Gasteiger partial charge in [0.25, 0.3) is 0 Å². The van der Waals surface area contributed by atoms with Crippen LogP contribution in [0.4, 0.5) is 5.69 Å². The SMILES string of the molecule is Clc1cnccc1NC[C@@H]1CCCO[C@H]1c1cn[nH]c1. The molecule has 0 saturated carbocycles. The highest BCUT2D eigenvalue weighted by molar-refractivity contribution is 6.33. The third-order valence-electron chi connectivity index (χ3n) is 3.62. The smallest absolute Gasteiger partial charge is 0.0900 e. The van der Waals surface area contributed by atoms with Crippen LogP contribution in [0.2, 0.25) is 5.02 Å². The molecule has 3 heterocycles. The molecule has 0 amide bonds. The Balaban J connectivity index is 1.67. The van der Waals surface area contributed by atoms with Crippen molar-refractivity contribution in [1.82, 2.24) is 15.2 Å². The van der Waals surface area contributed by atoms with Gasteiger partial charge in [-0.2, -0.15) is 5.10 Å². The third-order valence-corrected chi connectivity index (χ3v) is 3.92. The van der Waals surface area contributed by atoms with Gasteiger partial charge in [0.05, 0.1) is 23.0 Å². The highest BCUT2D eigenvalue weighted by Crippen LogP contribution is 2.33. The quantitative estimate of drug-likeness (QED) is 0.909. The molecule has 3 rings (SSSR count). The van der Waals surface area contributed by atoms with Crippen LogP contribution in [0.1, 0.15) is 24.5 Å².